The maximum atomic E-state index is 12.9. The maximum absolute atomic E-state index is 12.9. The summed E-state index contributed by atoms with van der Waals surface area (Å²) in [6.45, 7) is 3.34. The predicted octanol–water partition coefficient (Wildman–Crippen LogP) is 4.88. The molecule has 1 heterocycles. The lowest BCUT2D eigenvalue weighted by molar-refractivity contribution is -0.147. The number of unbranched alkanes of at least 4 members (excludes halogenated alkanes) is 1. The summed E-state index contributed by atoms with van der Waals surface area (Å²) in [4.78, 5) is 51.9. The van der Waals surface area contributed by atoms with E-state index in [1.807, 2.05) is 13.8 Å². The van der Waals surface area contributed by atoms with Gasteiger partial charge in [0.1, 0.15) is 6.04 Å². The molecule has 6 nitrogen and oxygen atoms in total. The standard InChI is InChI=1S/C23H21Cl2NO5/c1-3-4-5-19(23(30)31-12-20(27)14-8-6-13(2)7-9-14)26-21(28)15-10-17(24)18(25)11-16(15)22(26)29/h6-11,19H,3-5,12H2,1-2H3. The first-order chi connectivity index (χ1) is 14.7. The van der Waals surface area contributed by atoms with Crippen LogP contribution in [0.25, 0.3) is 0 Å². The summed E-state index contributed by atoms with van der Waals surface area (Å²) >= 11 is 12.0. The van der Waals surface area contributed by atoms with Gasteiger partial charge in [-0.1, -0.05) is 72.8 Å². The van der Waals surface area contributed by atoms with E-state index in [0.717, 1.165) is 16.9 Å². The van der Waals surface area contributed by atoms with Crippen LogP contribution < -0.4 is 0 Å². The highest BCUT2D eigenvalue weighted by molar-refractivity contribution is 6.43. The van der Waals surface area contributed by atoms with Gasteiger partial charge >= 0.3 is 5.97 Å². The normalized spacial score (nSPS) is 13.9. The Balaban J connectivity index is 1.79. The van der Waals surface area contributed by atoms with Gasteiger partial charge < -0.3 is 4.74 Å². The average Bonchev–Trinajstić information content (AvgIpc) is 2.97. The van der Waals surface area contributed by atoms with Crippen molar-refractivity contribution in [3.05, 3.63) is 68.7 Å². The zero-order chi connectivity index (χ0) is 22.7. The molecule has 162 valence electrons. The molecule has 2 aromatic carbocycles. The van der Waals surface area contributed by atoms with Crippen molar-refractivity contribution in [2.45, 2.75) is 39.2 Å². The van der Waals surface area contributed by atoms with Crippen LogP contribution >= 0.6 is 23.2 Å². The molecule has 1 atom stereocenters. The smallest absolute Gasteiger partial charge is 0.329 e. The Labute approximate surface area is 190 Å². The molecule has 0 aliphatic carbocycles. The Morgan fingerprint density at radius 1 is 1.00 bits per heavy atom. The number of carbonyl (C=O) groups excluding carboxylic acids is 4. The molecule has 1 unspecified atom stereocenters. The number of ketones is 1. The molecule has 3 rings (SSSR count). The number of Topliss-reactive ketones (excluding diaryl/α,β-unsaturated/α-hetero) is 1. The van der Waals surface area contributed by atoms with E-state index < -0.39 is 30.4 Å². The number of imide groups is 1. The number of hydrogen-bond donors (Lipinski definition) is 0. The Kier molecular flexibility index (Phi) is 7.13. The second-order valence-electron chi connectivity index (χ2n) is 7.35. The number of benzene rings is 2. The number of halogens is 2. The molecule has 2 amide bonds. The van der Waals surface area contributed by atoms with Crippen molar-refractivity contribution < 1.29 is 23.9 Å². The molecule has 0 spiro atoms. The van der Waals surface area contributed by atoms with E-state index in [2.05, 4.69) is 0 Å². The van der Waals surface area contributed by atoms with Crippen molar-refractivity contribution in [2.75, 3.05) is 6.61 Å². The van der Waals surface area contributed by atoms with Gasteiger partial charge in [-0.05, 0) is 25.5 Å². The minimum Gasteiger partial charge on any atom is -0.456 e. The van der Waals surface area contributed by atoms with Crippen molar-refractivity contribution in [1.82, 2.24) is 4.90 Å². The van der Waals surface area contributed by atoms with E-state index in [1.54, 1.807) is 24.3 Å². The van der Waals surface area contributed by atoms with E-state index in [4.69, 9.17) is 27.9 Å². The highest BCUT2D eigenvalue weighted by Gasteiger charge is 2.43. The summed E-state index contributed by atoms with van der Waals surface area (Å²) in [7, 11) is 0. The first kappa shape index (κ1) is 23.0. The second-order valence-corrected chi connectivity index (χ2v) is 8.16. The summed E-state index contributed by atoms with van der Waals surface area (Å²) in [5.74, 6) is -2.45. The van der Waals surface area contributed by atoms with Crippen LogP contribution in [-0.2, 0) is 9.53 Å². The number of ether oxygens (including phenoxy) is 1. The zero-order valence-corrected chi connectivity index (χ0v) is 18.6. The lowest BCUT2D eigenvalue weighted by Crippen LogP contribution is -2.46. The molecule has 0 saturated carbocycles. The third-order valence-corrected chi connectivity index (χ3v) is 5.81. The van der Waals surface area contributed by atoms with E-state index >= 15 is 0 Å². The Hall–Kier alpha value is -2.70. The molecular formula is C23H21Cl2NO5. The van der Waals surface area contributed by atoms with Crippen LogP contribution in [-0.4, -0.2) is 41.1 Å². The van der Waals surface area contributed by atoms with E-state index in [-0.39, 0.29) is 33.4 Å². The molecule has 2 aromatic rings. The minimum absolute atomic E-state index is 0.0874. The fourth-order valence-electron chi connectivity index (χ4n) is 3.34. The summed E-state index contributed by atoms with van der Waals surface area (Å²) < 4.78 is 5.22. The largest absolute Gasteiger partial charge is 0.456 e. The Bertz CT molecular complexity index is 1010. The van der Waals surface area contributed by atoms with Crippen LogP contribution in [0.1, 0.15) is 62.8 Å². The summed E-state index contributed by atoms with van der Waals surface area (Å²) in [6, 6.07) is 8.37. The number of carbonyl (C=O) groups is 4. The number of hydrogen-bond acceptors (Lipinski definition) is 5. The summed E-state index contributed by atoms with van der Waals surface area (Å²) in [6.07, 6.45) is 1.55. The first-order valence-corrected chi connectivity index (χ1v) is 10.6. The SMILES string of the molecule is CCCCC(C(=O)OCC(=O)c1ccc(C)cc1)N1C(=O)c2cc(Cl)c(Cl)cc2C1=O. The zero-order valence-electron chi connectivity index (χ0n) is 17.1. The molecule has 0 saturated heterocycles. The second kappa shape index (κ2) is 9.62. The topological polar surface area (TPSA) is 80.8 Å². The van der Waals surface area contributed by atoms with Crippen LogP contribution in [0.4, 0.5) is 0 Å². The lowest BCUT2D eigenvalue weighted by Gasteiger charge is -2.24. The summed E-state index contributed by atoms with van der Waals surface area (Å²) in [5, 5.41) is 0.277. The van der Waals surface area contributed by atoms with Crippen molar-refractivity contribution in [3.63, 3.8) is 0 Å². The molecule has 31 heavy (non-hydrogen) atoms. The van der Waals surface area contributed by atoms with Gasteiger partial charge in [-0.25, -0.2) is 4.79 Å². The fourth-order valence-corrected chi connectivity index (χ4v) is 3.67. The van der Waals surface area contributed by atoms with Crippen LogP contribution in [0.3, 0.4) is 0 Å². The van der Waals surface area contributed by atoms with Gasteiger partial charge in [0, 0.05) is 5.56 Å². The molecule has 0 radical (unpaired) electrons. The van der Waals surface area contributed by atoms with Gasteiger partial charge in [-0.3, -0.25) is 19.3 Å². The van der Waals surface area contributed by atoms with E-state index in [0.29, 0.717) is 12.0 Å². The van der Waals surface area contributed by atoms with Crippen LogP contribution in [0.2, 0.25) is 10.0 Å². The highest BCUT2D eigenvalue weighted by atomic mass is 35.5. The van der Waals surface area contributed by atoms with E-state index in [9.17, 15) is 19.2 Å². The molecular weight excluding hydrogens is 441 g/mol. The fraction of sp³-hybridized carbons (Fsp3) is 0.304. The number of rotatable bonds is 8. The molecule has 0 fully saturated rings. The van der Waals surface area contributed by atoms with Crippen molar-refractivity contribution in [1.29, 1.82) is 0 Å². The third kappa shape index (κ3) is 4.81. The highest BCUT2D eigenvalue weighted by Crippen LogP contribution is 2.33. The number of nitrogens with zero attached hydrogens (tertiary/aromatic N) is 1. The van der Waals surface area contributed by atoms with Gasteiger partial charge in [0.2, 0.25) is 0 Å². The van der Waals surface area contributed by atoms with Gasteiger partial charge in [-0.15, -0.1) is 0 Å². The van der Waals surface area contributed by atoms with Crippen LogP contribution in [0.15, 0.2) is 36.4 Å². The van der Waals surface area contributed by atoms with Gasteiger partial charge in [0.25, 0.3) is 11.8 Å². The first-order valence-electron chi connectivity index (χ1n) is 9.88. The number of amides is 2. The predicted molar refractivity (Wildman–Crippen MR) is 117 cm³/mol. The van der Waals surface area contributed by atoms with Crippen molar-refractivity contribution in [3.8, 4) is 0 Å². The molecule has 0 bridgehead atoms. The number of fused-ring (bicyclic) bond motifs is 1. The molecule has 1 aliphatic rings. The number of aryl methyl sites for hydroxylation is 1. The maximum Gasteiger partial charge on any atom is 0.329 e. The van der Waals surface area contributed by atoms with Gasteiger partial charge in [0.05, 0.1) is 21.2 Å². The molecule has 1 aliphatic heterocycles. The summed E-state index contributed by atoms with van der Waals surface area (Å²) in [5.41, 5.74) is 1.58. The minimum atomic E-state index is -1.14. The van der Waals surface area contributed by atoms with Gasteiger partial charge in [0.15, 0.2) is 12.4 Å². The van der Waals surface area contributed by atoms with Gasteiger partial charge in [-0.2, -0.15) is 0 Å². The van der Waals surface area contributed by atoms with Crippen molar-refractivity contribution >= 4 is 46.8 Å². The monoisotopic (exact) mass is 461 g/mol. The van der Waals surface area contributed by atoms with Crippen LogP contribution in [0, 0.1) is 6.92 Å². The Morgan fingerprint density at radius 2 is 1.55 bits per heavy atom. The quantitative estimate of drug-likeness (QED) is 0.317. The lowest BCUT2D eigenvalue weighted by atomic mass is 10.1. The van der Waals surface area contributed by atoms with E-state index in [1.165, 1.54) is 12.1 Å². The number of esters is 1. The van der Waals surface area contributed by atoms with Crippen LogP contribution in [0.5, 0.6) is 0 Å². The molecule has 8 heteroatoms. The average molecular weight is 462 g/mol. The molecule has 0 aromatic heterocycles. The Morgan fingerprint density at radius 3 is 2.06 bits per heavy atom. The van der Waals surface area contributed by atoms with Crippen molar-refractivity contribution in [2.24, 2.45) is 0 Å². The third-order valence-electron chi connectivity index (χ3n) is 5.09. The molecule has 0 N–H and O–H groups in total.